The number of carbonyl (C=O) groups is 1. The molecule has 20 heavy (non-hydrogen) atoms. The van der Waals surface area contributed by atoms with Crippen LogP contribution in [0.2, 0.25) is 0 Å². The van der Waals surface area contributed by atoms with Gasteiger partial charge in [0.05, 0.1) is 20.1 Å². The highest BCUT2D eigenvalue weighted by Gasteiger charge is 2.37. The molecule has 0 spiro atoms. The van der Waals surface area contributed by atoms with E-state index in [0.29, 0.717) is 12.0 Å². The van der Waals surface area contributed by atoms with E-state index in [9.17, 15) is 4.79 Å². The molecular formula is C16H21NO3. The molecule has 4 heteroatoms. The summed E-state index contributed by atoms with van der Waals surface area (Å²) in [6.45, 7) is 0.729. The van der Waals surface area contributed by atoms with Crippen LogP contribution in [0.25, 0.3) is 0 Å². The second-order valence-corrected chi connectivity index (χ2v) is 5.74. The summed E-state index contributed by atoms with van der Waals surface area (Å²) in [5.74, 6) is 1.34. The standard InChI is InChI=1S/C16H21NO3/c1-19-15-5-3-4-10-8-14-11(7-13(10)15)6-12(9-17-14)16(18)20-2/h3-5,11-12,14,17H,6-9H2,1-2H3/t11-,12+,14-/m1/s1. The molecule has 1 N–H and O–H groups in total. The zero-order chi connectivity index (χ0) is 14.1. The highest BCUT2D eigenvalue weighted by atomic mass is 16.5. The average molecular weight is 275 g/mol. The van der Waals surface area contributed by atoms with Crippen molar-refractivity contribution >= 4 is 5.97 Å². The maximum atomic E-state index is 11.7. The third-order valence-corrected chi connectivity index (χ3v) is 4.67. The molecule has 1 aliphatic heterocycles. The summed E-state index contributed by atoms with van der Waals surface area (Å²) in [7, 11) is 3.19. The lowest BCUT2D eigenvalue weighted by Crippen LogP contribution is -2.51. The van der Waals surface area contributed by atoms with Gasteiger partial charge in [0.1, 0.15) is 5.75 Å². The van der Waals surface area contributed by atoms with E-state index in [0.717, 1.165) is 31.6 Å². The van der Waals surface area contributed by atoms with Crippen LogP contribution in [-0.4, -0.2) is 32.8 Å². The molecule has 0 aromatic heterocycles. The van der Waals surface area contributed by atoms with Crippen molar-refractivity contribution in [2.45, 2.75) is 25.3 Å². The Bertz CT molecular complexity index is 514. The number of carbonyl (C=O) groups excluding carboxylic acids is 1. The second-order valence-electron chi connectivity index (χ2n) is 5.74. The molecule has 1 aromatic rings. The average Bonchev–Trinajstić information content (AvgIpc) is 2.50. The number of rotatable bonds is 2. The number of benzene rings is 1. The molecule has 108 valence electrons. The van der Waals surface area contributed by atoms with Crippen LogP contribution < -0.4 is 10.1 Å². The lowest BCUT2D eigenvalue weighted by Gasteiger charge is -2.40. The first-order chi connectivity index (χ1) is 9.72. The first-order valence-electron chi connectivity index (χ1n) is 7.19. The molecule has 0 radical (unpaired) electrons. The van der Waals surface area contributed by atoms with Crippen molar-refractivity contribution in [1.82, 2.24) is 5.32 Å². The molecule has 1 aromatic carbocycles. The van der Waals surface area contributed by atoms with Gasteiger partial charge in [0, 0.05) is 12.6 Å². The fourth-order valence-corrected chi connectivity index (χ4v) is 3.61. The molecule has 1 fully saturated rings. The van der Waals surface area contributed by atoms with E-state index in [2.05, 4.69) is 17.4 Å². The monoisotopic (exact) mass is 275 g/mol. The van der Waals surface area contributed by atoms with Gasteiger partial charge in [0.25, 0.3) is 0 Å². The number of esters is 1. The van der Waals surface area contributed by atoms with Gasteiger partial charge in [-0.2, -0.15) is 0 Å². The highest BCUT2D eigenvalue weighted by Crippen LogP contribution is 2.37. The number of piperidine rings is 1. The molecule has 0 unspecified atom stereocenters. The van der Waals surface area contributed by atoms with Gasteiger partial charge in [-0.3, -0.25) is 4.79 Å². The zero-order valence-electron chi connectivity index (χ0n) is 12.0. The van der Waals surface area contributed by atoms with Gasteiger partial charge in [-0.05, 0) is 42.4 Å². The Morgan fingerprint density at radius 1 is 1.30 bits per heavy atom. The largest absolute Gasteiger partial charge is 0.496 e. The van der Waals surface area contributed by atoms with Crippen molar-refractivity contribution in [2.75, 3.05) is 20.8 Å². The van der Waals surface area contributed by atoms with E-state index >= 15 is 0 Å². The van der Waals surface area contributed by atoms with Gasteiger partial charge in [0.15, 0.2) is 0 Å². The third-order valence-electron chi connectivity index (χ3n) is 4.67. The minimum Gasteiger partial charge on any atom is -0.496 e. The van der Waals surface area contributed by atoms with E-state index in [4.69, 9.17) is 9.47 Å². The minimum atomic E-state index is -0.0956. The zero-order valence-corrected chi connectivity index (χ0v) is 12.0. The van der Waals surface area contributed by atoms with Crippen LogP contribution in [0.1, 0.15) is 17.5 Å². The predicted octanol–water partition coefficient (Wildman–Crippen LogP) is 1.56. The summed E-state index contributed by atoms with van der Waals surface area (Å²) in [5, 5.41) is 3.52. The smallest absolute Gasteiger partial charge is 0.309 e. The quantitative estimate of drug-likeness (QED) is 0.832. The van der Waals surface area contributed by atoms with Crippen LogP contribution in [-0.2, 0) is 22.4 Å². The Balaban J connectivity index is 1.82. The van der Waals surface area contributed by atoms with Crippen molar-refractivity contribution in [3.05, 3.63) is 29.3 Å². The Labute approximate surface area is 119 Å². The van der Waals surface area contributed by atoms with Crippen LogP contribution in [0.15, 0.2) is 18.2 Å². The molecule has 1 saturated heterocycles. The number of hydrogen-bond donors (Lipinski definition) is 1. The van der Waals surface area contributed by atoms with E-state index in [-0.39, 0.29) is 11.9 Å². The summed E-state index contributed by atoms with van der Waals surface area (Å²) in [4.78, 5) is 11.7. The molecule has 0 bridgehead atoms. The molecule has 0 saturated carbocycles. The predicted molar refractivity (Wildman–Crippen MR) is 75.8 cm³/mol. The fraction of sp³-hybridized carbons (Fsp3) is 0.562. The van der Waals surface area contributed by atoms with Crippen LogP contribution >= 0.6 is 0 Å². The fourth-order valence-electron chi connectivity index (χ4n) is 3.61. The van der Waals surface area contributed by atoms with Crippen LogP contribution in [0.3, 0.4) is 0 Å². The van der Waals surface area contributed by atoms with Crippen molar-refractivity contribution < 1.29 is 14.3 Å². The number of fused-ring (bicyclic) bond motifs is 2. The lowest BCUT2D eigenvalue weighted by molar-refractivity contribution is -0.146. The van der Waals surface area contributed by atoms with Crippen molar-refractivity contribution in [3.8, 4) is 5.75 Å². The van der Waals surface area contributed by atoms with Gasteiger partial charge in [-0.15, -0.1) is 0 Å². The molecular weight excluding hydrogens is 254 g/mol. The SMILES string of the molecule is COC(=O)[C@@H]1CN[C@@H]2Cc3cccc(OC)c3C[C@H]2C1. The van der Waals surface area contributed by atoms with Crippen molar-refractivity contribution in [3.63, 3.8) is 0 Å². The summed E-state index contributed by atoms with van der Waals surface area (Å²) < 4.78 is 10.4. The van der Waals surface area contributed by atoms with Crippen molar-refractivity contribution in [2.24, 2.45) is 11.8 Å². The molecule has 0 amide bonds. The highest BCUT2D eigenvalue weighted by molar-refractivity contribution is 5.72. The van der Waals surface area contributed by atoms with E-state index < -0.39 is 0 Å². The Morgan fingerprint density at radius 2 is 2.15 bits per heavy atom. The molecule has 3 rings (SSSR count). The van der Waals surface area contributed by atoms with Gasteiger partial charge in [-0.25, -0.2) is 0 Å². The molecule has 1 aliphatic carbocycles. The van der Waals surface area contributed by atoms with Gasteiger partial charge in [-0.1, -0.05) is 12.1 Å². The Morgan fingerprint density at radius 3 is 2.90 bits per heavy atom. The number of nitrogens with one attached hydrogen (secondary N) is 1. The maximum Gasteiger partial charge on any atom is 0.309 e. The summed E-state index contributed by atoms with van der Waals surface area (Å²) >= 11 is 0. The van der Waals surface area contributed by atoms with E-state index in [1.165, 1.54) is 18.2 Å². The molecule has 3 atom stereocenters. The van der Waals surface area contributed by atoms with Crippen LogP contribution in [0.5, 0.6) is 5.75 Å². The normalized spacial score (nSPS) is 28.2. The summed E-state index contributed by atoms with van der Waals surface area (Å²) in [6, 6.07) is 6.73. The lowest BCUT2D eigenvalue weighted by atomic mass is 9.73. The summed E-state index contributed by atoms with van der Waals surface area (Å²) in [6.07, 6.45) is 2.90. The first-order valence-corrected chi connectivity index (χ1v) is 7.19. The second kappa shape index (κ2) is 5.44. The molecule has 4 nitrogen and oxygen atoms in total. The van der Waals surface area contributed by atoms with Gasteiger partial charge >= 0.3 is 5.97 Å². The van der Waals surface area contributed by atoms with E-state index in [1.807, 2.05) is 6.07 Å². The number of hydrogen-bond acceptors (Lipinski definition) is 4. The Kier molecular flexibility index (Phi) is 3.66. The maximum absolute atomic E-state index is 11.7. The van der Waals surface area contributed by atoms with E-state index in [1.54, 1.807) is 7.11 Å². The van der Waals surface area contributed by atoms with Gasteiger partial charge in [0.2, 0.25) is 0 Å². The third kappa shape index (κ3) is 2.29. The topological polar surface area (TPSA) is 47.6 Å². The first kappa shape index (κ1) is 13.4. The van der Waals surface area contributed by atoms with Gasteiger partial charge < -0.3 is 14.8 Å². The summed E-state index contributed by atoms with van der Waals surface area (Å²) in [5.41, 5.74) is 2.68. The minimum absolute atomic E-state index is 0.0162. The number of methoxy groups -OCH3 is 2. The Hall–Kier alpha value is -1.55. The molecule has 1 heterocycles. The van der Waals surface area contributed by atoms with Crippen LogP contribution in [0.4, 0.5) is 0 Å². The number of ether oxygens (including phenoxy) is 2. The van der Waals surface area contributed by atoms with Crippen LogP contribution in [0, 0.1) is 11.8 Å². The van der Waals surface area contributed by atoms with Crippen molar-refractivity contribution in [1.29, 1.82) is 0 Å². The molecule has 2 aliphatic rings.